The maximum Gasteiger partial charge on any atom is 0.243 e. The van der Waals surface area contributed by atoms with E-state index in [9.17, 15) is 18.0 Å². The van der Waals surface area contributed by atoms with Crippen molar-refractivity contribution in [3.05, 3.63) is 48.0 Å². The van der Waals surface area contributed by atoms with Crippen LogP contribution in [0, 0.1) is 5.92 Å². The summed E-state index contributed by atoms with van der Waals surface area (Å²) in [6.45, 7) is 1.31. The molecule has 3 aliphatic heterocycles. The Morgan fingerprint density at radius 3 is 2.65 bits per heavy atom. The van der Waals surface area contributed by atoms with Gasteiger partial charge in [0.05, 0.1) is 16.3 Å². The van der Waals surface area contributed by atoms with Gasteiger partial charge in [-0.1, -0.05) is 18.2 Å². The van der Waals surface area contributed by atoms with Crippen LogP contribution < -0.4 is 10.2 Å². The molecule has 1 fully saturated rings. The summed E-state index contributed by atoms with van der Waals surface area (Å²) in [6, 6.07) is 12.8. The first-order chi connectivity index (χ1) is 14.9. The van der Waals surface area contributed by atoms with Crippen molar-refractivity contribution in [3.8, 4) is 0 Å². The third-order valence-corrected chi connectivity index (χ3v) is 9.15. The number of carbonyl (C=O) groups excluding carboxylic acids is 2. The fourth-order valence-electron chi connectivity index (χ4n) is 4.50. The number of anilines is 2. The number of carbonyl (C=O) groups is 2. The second kappa shape index (κ2) is 7.96. The first-order valence-electron chi connectivity index (χ1n) is 10.4. The molecule has 0 aliphatic carbocycles. The molecule has 2 aromatic carbocycles. The van der Waals surface area contributed by atoms with Crippen LogP contribution >= 0.6 is 11.8 Å². The van der Waals surface area contributed by atoms with Crippen LogP contribution in [-0.4, -0.2) is 49.9 Å². The molecule has 0 saturated carbocycles. The average molecular weight is 458 g/mol. The fraction of sp³-hybridized carbons (Fsp3) is 0.364. The summed E-state index contributed by atoms with van der Waals surface area (Å²) in [6.07, 6.45) is 1.88. The minimum absolute atomic E-state index is 0.0931. The van der Waals surface area contributed by atoms with Gasteiger partial charge in [-0.3, -0.25) is 9.59 Å². The largest absolute Gasteiger partial charge is 0.324 e. The number of rotatable bonds is 3. The quantitative estimate of drug-likeness (QED) is 0.766. The summed E-state index contributed by atoms with van der Waals surface area (Å²) in [5.41, 5.74) is 2.71. The highest BCUT2D eigenvalue weighted by molar-refractivity contribution is 8.00. The van der Waals surface area contributed by atoms with Crippen LogP contribution in [0.5, 0.6) is 0 Å². The summed E-state index contributed by atoms with van der Waals surface area (Å²) in [7, 11) is -3.68. The van der Waals surface area contributed by atoms with Gasteiger partial charge in [0.15, 0.2) is 0 Å². The van der Waals surface area contributed by atoms with Crippen molar-refractivity contribution in [1.82, 2.24) is 4.31 Å². The molecule has 9 heteroatoms. The number of hydrogen-bond donors (Lipinski definition) is 1. The normalized spacial score (nSPS) is 19.6. The lowest BCUT2D eigenvalue weighted by Crippen LogP contribution is -2.44. The van der Waals surface area contributed by atoms with Crippen molar-refractivity contribution < 1.29 is 18.0 Å². The van der Waals surface area contributed by atoms with E-state index in [2.05, 4.69) is 11.4 Å². The molecule has 31 heavy (non-hydrogen) atoms. The monoisotopic (exact) mass is 457 g/mol. The first-order valence-corrected chi connectivity index (χ1v) is 12.8. The number of nitrogens with zero attached hydrogens (tertiary/aromatic N) is 2. The molecule has 0 aromatic heterocycles. The van der Waals surface area contributed by atoms with Crippen LogP contribution in [-0.2, 0) is 26.0 Å². The SMILES string of the molecule is O=C1CSc2ccc(S(=O)(=O)N3CCC(C(=O)N4CCc5ccccc54)CC3)cc2N1. The predicted molar refractivity (Wildman–Crippen MR) is 120 cm³/mol. The van der Waals surface area contributed by atoms with E-state index in [0.717, 1.165) is 17.0 Å². The van der Waals surface area contributed by atoms with E-state index >= 15 is 0 Å². The Morgan fingerprint density at radius 1 is 1.06 bits per heavy atom. The molecule has 3 aliphatic rings. The number of hydrogen-bond acceptors (Lipinski definition) is 5. The van der Waals surface area contributed by atoms with Crippen LogP contribution in [0.1, 0.15) is 18.4 Å². The predicted octanol–water partition coefficient (Wildman–Crippen LogP) is 2.72. The molecule has 162 valence electrons. The number of para-hydroxylation sites is 1. The lowest BCUT2D eigenvalue weighted by atomic mass is 9.96. The average Bonchev–Trinajstić information content (AvgIpc) is 3.22. The lowest BCUT2D eigenvalue weighted by Gasteiger charge is -2.32. The molecule has 0 unspecified atom stereocenters. The van der Waals surface area contributed by atoms with Gasteiger partial charge < -0.3 is 10.2 Å². The van der Waals surface area contributed by atoms with Crippen molar-refractivity contribution in [2.24, 2.45) is 5.92 Å². The van der Waals surface area contributed by atoms with Crippen molar-refractivity contribution in [1.29, 1.82) is 0 Å². The zero-order valence-electron chi connectivity index (χ0n) is 16.9. The summed E-state index contributed by atoms with van der Waals surface area (Å²) in [5.74, 6) is 0.129. The van der Waals surface area contributed by atoms with Crippen molar-refractivity contribution in [3.63, 3.8) is 0 Å². The van der Waals surface area contributed by atoms with Crippen molar-refractivity contribution in [2.75, 3.05) is 35.6 Å². The highest BCUT2D eigenvalue weighted by Gasteiger charge is 2.36. The molecule has 1 N–H and O–H groups in total. The molecule has 1 saturated heterocycles. The van der Waals surface area contributed by atoms with Gasteiger partial charge in [-0.2, -0.15) is 4.31 Å². The maximum absolute atomic E-state index is 13.2. The van der Waals surface area contributed by atoms with Gasteiger partial charge in [0, 0.05) is 36.1 Å². The van der Waals surface area contributed by atoms with E-state index in [4.69, 9.17) is 0 Å². The summed E-state index contributed by atoms with van der Waals surface area (Å²) < 4.78 is 27.8. The number of sulfonamides is 1. The molecule has 0 atom stereocenters. The van der Waals surface area contributed by atoms with Crippen LogP contribution in [0.25, 0.3) is 0 Å². The lowest BCUT2D eigenvalue weighted by molar-refractivity contribution is -0.123. The molecule has 2 aromatic rings. The Labute approximate surface area is 185 Å². The molecular formula is C22H23N3O4S2. The number of piperidine rings is 1. The molecule has 2 amide bonds. The third-order valence-electron chi connectivity index (χ3n) is 6.18. The Morgan fingerprint density at radius 2 is 1.84 bits per heavy atom. The van der Waals surface area contributed by atoms with Gasteiger partial charge >= 0.3 is 0 Å². The van der Waals surface area contributed by atoms with E-state index in [-0.39, 0.29) is 22.6 Å². The van der Waals surface area contributed by atoms with Crippen LogP contribution in [0.15, 0.2) is 52.3 Å². The zero-order valence-corrected chi connectivity index (χ0v) is 18.5. The van der Waals surface area contributed by atoms with E-state index in [1.807, 2.05) is 23.1 Å². The van der Waals surface area contributed by atoms with Crippen molar-refractivity contribution in [2.45, 2.75) is 29.1 Å². The van der Waals surface area contributed by atoms with Crippen molar-refractivity contribution >= 4 is 45.0 Å². The number of fused-ring (bicyclic) bond motifs is 2. The van der Waals surface area contributed by atoms with E-state index < -0.39 is 10.0 Å². The molecule has 3 heterocycles. The highest BCUT2D eigenvalue weighted by Crippen LogP contribution is 2.35. The Balaban J connectivity index is 1.28. The number of thioether (sulfide) groups is 1. The van der Waals surface area contributed by atoms with Gasteiger partial charge in [-0.15, -0.1) is 11.8 Å². The zero-order chi connectivity index (χ0) is 21.6. The van der Waals surface area contributed by atoms with Gasteiger partial charge in [-0.25, -0.2) is 8.42 Å². The van der Waals surface area contributed by atoms with E-state index in [0.29, 0.717) is 43.9 Å². The number of amides is 2. The van der Waals surface area contributed by atoms with Gasteiger partial charge in [0.2, 0.25) is 21.8 Å². The standard InChI is InChI=1S/C22H23N3O4S2/c26-21-14-30-20-6-5-17(13-18(20)23-21)31(28,29)24-10-7-16(8-11-24)22(27)25-12-9-15-3-1-2-4-19(15)25/h1-6,13,16H,7-12,14H2,(H,23,26). The van der Waals surface area contributed by atoms with Gasteiger partial charge in [0.25, 0.3) is 0 Å². The number of nitrogens with one attached hydrogen (secondary N) is 1. The summed E-state index contributed by atoms with van der Waals surface area (Å²) in [5, 5.41) is 2.74. The smallest absolute Gasteiger partial charge is 0.243 e. The Hall–Kier alpha value is -2.36. The molecule has 0 radical (unpaired) electrons. The molecular weight excluding hydrogens is 434 g/mol. The fourth-order valence-corrected chi connectivity index (χ4v) is 6.79. The molecule has 7 nitrogen and oxygen atoms in total. The molecule has 0 bridgehead atoms. The van der Waals surface area contributed by atoms with Crippen LogP contribution in [0.4, 0.5) is 11.4 Å². The number of benzene rings is 2. The first kappa shape index (κ1) is 20.5. The van der Waals surface area contributed by atoms with Crippen LogP contribution in [0.3, 0.4) is 0 Å². The van der Waals surface area contributed by atoms with E-state index in [1.54, 1.807) is 12.1 Å². The Bertz CT molecular complexity index is 1160. The van der Waals surface area contributed by atoms with Crippen LogP contribution in [0.2, 0.25) is 0 Å². The minimum atomic E-state index is -3.68. The minimum Gasteiger partial charge on any atom is -0.324 e. The summed E-state index contributed by atoms with van der Waals surface area (Å²) in [4.78, 5) is 27.6. The van der Waals surface area contributed by atoms with Gasteiger partial charge in [-0.05, 0) is 49.1 Å². The molecule has 0 spiro atoms. The van der Waals surface area contributed by atoms with E-state index in [1.165, 1.54) is 27.7 Å². The van der Waals surface area contributed by atoms with Gasteiger partial charge in [0.1, 0.15) is 0 Å². The third kappa shape index (κ3) is 3.75. The topological polar surface area (TPSA) is 86.8 Å². The second-order valence-electron chi connectivity index (χ2n) is 8.04. The second-order valence-corrected chi connectivity index (χ2v) is 11.0. The highest BCUT2D eigenvalue weighted by atomic mass is 32.2. The Kier molecular flexibility index (Phi) is 5.27. The maximum atomic E-state index is 13.2. The summed E-state index contributed by atoms with van der Waals surface area (Å²) >= 11 is 1.40. The molecule has 5 rings (SSSR count).